The van der Waals surface area contributed by atoms with Crippen LogP contribution in [0.5, 0.6) is 0 Å². The van der Waals surface area contributed by atoms with Crippen LogP contribution in [0.3, 0.4) is 0 Å². The van der Waals surface area contributed by atoms with Crippen LogP contribution in [0.15, 0.2) is 152 Å². The summed E-state index contributed by atoms with van der Waals surface area (Å²) >= 11 is 0. The van der Waals surface area contributed by atoms with E-state index >= 15 is 0 Å². The number of aryl methyl sites for hydroxylation is 1. The van der Waals surface area contributed by atoms with Crippen molar-refractivity contribution in [1.82, 2.24) is 0 Å². The molecule has 8 aromatic carbocycles. The maximum atomic E-state index is 2.76. The van der Waals surface area contributed by atoms with Gasteiger partial charge in [0.15, 0.2) is 0 Å². The fourth-order valence-corrected chi connectivity index (χ4v) is 15.5. The van der Waals surface area contributed by atoms with Crippen molar-refractivity contribution in [2.24, 2.45) is 0 Å². The van der Waals surface area contributed by atoms with Crippen molar-refractivity contribution < 1.29 is 0 Å². The van der Waals surface area contributed by atoms with E-state index in [1.165, 1.54) is 125 Å². The smallest absolute Gasteiger partial charge is 0.252 e. The first-order chi connectivity index (χ1) is 37.1. The molecule has 3 nitrogen and oxygen atoms in total. The van der Waals surface area contributed by atoms with Crippen molar-refractivity contribution in [3.05, 3.63) is 202 Å². The van der Waals surface area contributed by atoms with Gasteiger partial charge in [-0.25, -0.2) is 0 Å². The summed E-state index contributed by atoms with van der Waals surface area (Å²) in [5.74, 6) is 0. The molecule has 0 aromatic heterocycles. The third kappa shape index (κ3) is 7.72. The van der Waals surface area contributed by atoms with E-state index < -0.39 is 0 Å². The van der Waals surface area contributed by atoms with Crippen LogP contribution in [-0.4, -0.2) is 6.71 Å². The number of para-hydroxylation sites is 2. The summed E-state index contributed by atoms with van der Waals surface area (Å²) in [6.45, 7) is 41.4. The Labute approximate surface area is 474 Å². The fourth-order valence-electron chi connectivity index (χ4n) is 15.5. The summed E-state index contributed by atoms with van der Waals surface area (Å²) in [7, 11) is 0. The first-order valence-electron chi connectivity index (χ1n) is 29.5. The minimum absolute atomic E-state index is 0.00609. The fraction of sp³-hybridized carbons (Fsp3) is 0.360. The highest BCUT2D eigenvalue weighted by molar-refractivity contribution is 7.00. The van der Waals surface area contributed by atoms with Crippen molar-refractivity contribution in [3.63, 3.8) is 0 Å². The van der Waals surface area contributed by atoms with Gasteiger partial charge in [-0.15, -0.1) is 0 Å². The monoisotopic (exact) mass is 1040 g/mol. The largest absolute Gasteiger partial charge is 0.311 e. The van der Waals surface area contributed by atoms with Gasteiger partial charge < -0.3 is 14.7 Å². The van der Waals surface area contributed by atoms with Crippen LogP contribution in [-0.2, 0) is 37.9 Å². The van der Waals surface area contributed by atoms with E-state index in [4.69, 9.17) is 0 Å². The molecule has 0 saturated heterocycles. The molecule has 0 N–H and O–H groups in total. The Morgan fingerprint density at radius 3 is 1.53 bits per heavy atom. The Hall–Kier alpha value is -6.78. The Morgan fingerprint density at radius 2 is 0.937 bits per heavy atom. The molecule has 0 spiro atoms. The molecule has 8 aromatic rings. The summed E-state index contributed by atoms with van der Waals surface area (Å²) < 4.78 is 0. The van der Waals surface area contributed by atoms with Gasteiger partial charge in [-0.2, -0.15) is 0 Å². The molecule has 0 amide bonds. The molecular formula is C75H82BN3. The first-order valence-corrected chi connectivity index (χ1v) is 29.5. The summed E-state index contributed by atoms with van der Waals surface area (Å²) in [5, 5.41) is 0. The first kappa shape index (κ1) is 51.6. The lowest BCUT2D eigenvalue weighted by Crippen LogP contribution is -2.61. The van der Waals surface area contributed by atoms with Gasteiger partial charge >= 0.3 is 0 Å². The lowest BCUT2D eigenvalue weighted by molar-refractivity contribution is 0.332. The maximum absolute atomic E-state index is 2.76. The van der Waals surface area contributed by atoms with Crippen molar-refractivity contribution >= 4 is 74.3 Å². The van der Waals surface area contributed by atoms with E-state index in [1.54, 1.807) is 0 Å². The topological polar surface area (TPSA) is 9.72 Å². The van der Waals surface area contributed by atoms with Crippen molar-refractivity contribution in [2.75, 3.05) is 14.7 Å². The summed E-state index contributed by atoms with van der Waals surface area (Å²) in [6, 6.07) is 59.7. The van der Waals surface area contributed by atoms with E-state index in [-0.39, 0.29) is 44.6 Å². The Balaban J connectivity index is 1.18. The number of nitrogens with zero attached hydrogens (tertiary/aromatic N) is 3. The molecule has 0 fully saturated rings. The lowest BCUT2D eigenvalue weighted by atomic mass is 9.33. The number of hydrogen-bond donors (Lipinski definition) is 0. The highest BCUT2D eigenvalue weighted by atomic mass is 15.2. The minimum Gasteiger partial charge on any atom is -0.311 e. The van der Waals surface area contributed by atoms with E-state index in [0.29, 0.717) is 0 Å². The zero-order valence-corrected chi connectivity index (χ0v) is 50.5. The maximum Gasteiger partial charge on any atom is 0.252 e. The van der Waals surface area contributed by atoms with Gasteiger partial charge in [-0.1, -0.05) is 196 Å². The number of fused-ring (bicyclic) bond motifs is 9. The number of rotatable bonds is 5. The van der Waals surface area contributed by atoms with E-state index in [0.717, 1.165) is 23.5 Å². The van der Waals surface area contributed by atoms with Gasteiger partial charge in [0.2, 0.25) is 0 Å². The van der Waals surface area contributed by atoms with Crippen LogP contribution in [0.2, 0.25) is 0 Å². The molecule has 5 aliphatic rings. The molecule has 13 rings (SSSR count). The molecule has 2 heterocycles. The molecule has 0 radical (unpaired) electrons. The number of anilines is 9. The second-order valence-electron chi connectivity index (χ2n) is 29.7. The second kappa shape index (κ2) is 16.9. The van der Waals surface area contributed by atoms with Crippen LogP contribution in [0.25, 0.3) is 11.1 Å². The number of benzene rings is 8. The SMILES string of the molecule is Cc1cc2c(cc1N1c3cc4c(cc3B3c5ccc(N(c6ccccc6)c6ccccc6)cc5N(c5cccc6c5-c5ccc(C(C)(C)C)cc5C6(C)C)c5cc(C(C)(C)C)cc1c53)C(C)(C)CC4(C)C)C(C)(C)CCC2(C)C. The highest BCUT2D eigenvalue weighted by Gasteiger charge is 2.50. The van der Waals surface area contributed by atoms with Crippen LogP contribution < -0.4 is 31.1 Å². The molecule has 400 valence electrons. The van der Waals surface area contributed by atoms with Gasteiger partial charge in [0.25, 0.3) is 6.71 Å². The van der Waals surface area contributed by atoms with Gasteiger partial charge in [-0.3, -0.25) is 0 Å². The third-order valence-corrected chi connectivity index (χ3v) is 19.9. The van der Waals surface area contributed by atoms with Crippen molar-refractivity contribution in [1.29, 1.82) is 0 Å². The van der Waals surface area contributed by atoms with Crippen molar-refractivity contribution in [3.8, 4) is 11.1 Å². The van der Waals surface area contributed by atoms with Gasteiger partial charge in [-0.05, 0) is 197 Å². The zero-order chi connectivity index (χ0) is 55.9. The third-order valence-electron chi connectivity index (χ3n) is 19.9. The van der Waals surface area contributed by atoms with Crippen LogP contribution >= 0.6 is 0 Å². The highest BCUT2D eigenvalue weighted by Crippen LogP contribution is 2.59. The molecule has 0 atom stereocenters. The molecule has 2 aliphatic heterocycles. The quantitative estimate of drug-likeness (QED) is 0.159. The molecule has 0 saturated carbocycles. The molecule has 0 bridgehead atoms. The standard InChI is InChI=1S/C75H82BN3/c1-46-37-55-57(72(10,11)36-35-71(55,8)9)43-62(46)79-64-44-58-56(73(12,13)45-74(58,14)15)42-60(64)76-59-34-32-51(77(49-25-20-18-21-26-49)50-27-22-19-23-28-50)41-63(59)78(65-39-48(70(5,6)7)40-66(79)68(65)76)61-30-24-29-53-67(61)52-33-31-47(69(2,3)4)38-54(52)75(53,16)17/h18-34,37-44H,35-36,45H2,1-17H3. The summed E-state index contributed by atoms with van der Waals surface area (Å²) in [5.41, 5.74) is 30.4. The molecule has 0 unspecified atom stereocenters. The van der Waals surface area contributed by atoms with E-state index in [1.807, 2.05) is 0 Å². The van der Waals surface area contributed by atoms with E-state index in [2.05, 4.69) is 284 Å². The average molecular weight is 1040 g/mol. The molecular weight excluding hydrogens is 954 g/mol. The normalized spacial score (nSPS) is 18.2. The molecule has 4 heteroatoms. The second-order valence-corrected chi connectivity index (χ2v) is 29.7. The Bertz CT molecular complexity index is 3800. The molecule has 3 aliphatic carbocycles. The zero-order valence-electron chi connectivity index (χ0n) is 50.5. The summed E-state index contributed by atoms with van der Waals surface area (Å²) in [4.78, 5) is 7.94. The lowest BCUT2D eigenvalue weighted by Gasteiger charge is -2.47. The van der Waals surface area contributed by atoms with Crippen LogP contribution in [0.4, 0.5) is 51.2 Å². The summed E-state index contributed by atoms with van der Waals surface area (Å²) in [6.07, 6.45) is 3.46. The van der Waals surface area contributed by atoms with Crippen LogP contribution in [0.1, 0.15) is 180 Å². The Kier molecular flexibility index (Phi) is 11.0. The predicted octanol–water partition coefficient (Wildman–Crippen LogP) is 18.8. The number of hydrogen-bond acceptors (Lipinski definition) is 3. The van der Waals surface area contributed by atoms with E-state index in [9.17, 15) is 0 Å². The van der Waals surface area contributed by atoms with Crippen molar-refractivity contribution in [2.45, 2.75) is 175 Å². The van der Waals surface area contributed by atoms with Crippen LogP contribution in [0, 0.1) is 6.92 Å². The van der Waals surface area contributed by atoms with Gasteiger partial charge in [0.1, 0.15) is 0 Å². The minimum atomic E-state index is -0.210. The molecule has 79 heavy (non-hydrogen) atoms. The predicted molar refractivity (Wildman–Crippen MR) is 341 cm³/mol. The Morgan fingerprint density at radius 1 is 0.405 bits per heavy atom. The average Bonchev–Trinajstić information content (AvgIpc) is 3.25. The van der Waals surface area contributed by atoms with Gasteiger partial charge in [0, 0.05) is 56.5 Å². The van der Waals surface area contributed by atoms with Gasteiger partial charge in [0.05, 0.1) is 5.69 Å².